The lowest BCUT2D eigenvalue weighted by Crippen LogP contribution is -2.53. The Morgan fingerprint density at radius 1 is 1.05 bits per heavy atom. The molecule has 0 radical (unpaired) electrons. The number of ether oxygens (including phenoxy) is 1. The molecular weight excluding hydrogens is 496 g/mol. The molecule has 4 aromatic rings. The van der Waals surface area contributed by atoms with Crippen LogP contribution in [0.25, 0.3) is 11.0 Å². The maximum absolute atomic E-state index is 13.4. The lowest BCUT2D eigenvalue weighted by Gasteiger charge is -2.25. The Balaban J connectivity index is 1.48. The number of methoxy groups -OCH3 is 1. The van der Waals surface area contributed by atoms with E-state index >= 15 is 0 Å². The Hall–Kier alpha value is -4.58. The number of hydrogen-bond donors (Lipinski definition) is 4. The van der Waals surface area contributed by atoms with Gasteiger partial charge in [-0.1, -0.05) is 30.3 Å². The number of aromatic nitrogens is 2. The van der Waals surface area contributed by atoms with Crippen molar-refractivity contribution in [2.75, 3.05) is 23.8 Å². The number of nitrogens with one attached hydrogen (secondary N) is 4. The molecule has 11 nitrogen and oxygen atoms in total. The Labute approximate surface area is 214 Å². The Kier molecular flexibility index (Phi) is 7.58. The molecule has 0 aliphatic heterocycles. The van der Waals surface area contributed by atoms with Crippen LogP contribution < -0.4 is 24.4 Å². The van der Waals surface area contributed by atoms with E-state index in [-0.39, 0.29) is 12.1 Å². The summed E-state index contributed by atoms with van der Waals surface area (Å²) in [5, 5.41) is 2.50. The molecule has 0 aliphatic rings. The van der Waals surface area contributed by atoms with Crippen molar-refractivity contribution < 1.29 is 22.7 Å². The average Bonchev–Trinajstić information content (AvgIpc) is 3.35. The minimum atomic E-state index is -4.30. The molecule has 0 saturated heterocycles. The van der Waals surface area contributed by atoms with Gasteiger partial charge in [0.25, 0.3) is 0 Å². The molecule has 0 fully saturated rings. The molecule has 37 heavy (non-hydrogen) atoms. The largest absolute Gasteiger partial charge is 0.497 e. The number of aromatic amines is 1. The average molecular weight is 523 g/mol. The number of urea groups is 1. The number of anilines is 2. The van der Waals surface area contributed by atoms with E-state index in [4.69, 9.17) is 4.74 Å². The molecule has 3 aromatic carbocycles. The monoisotopic (exact) mass is 522 g/mol. The van der Waals surface area contributed by atoms with Gasteiger partial charge in [-0.15, -0.1) is 0 Å². The third-order valence-corrected chi connectivity index (χ3v) is 6.53. The van der Waals surface area contributed by atoms with Gasteiger partial charge >= 0.3 is 16.2 Å². The second-order valence-electron chi connectivity index (χ2n) is 8.15. The molecule has 12 heteroatoms. The number of hydrogen-bond acceptors (Lipinski definition) is 6. The quantitative estimate of drug-likeness (QED) is 0.266. The van der Waals surface area contributed by atoms with Gasteiger partial charge in [0.15, 0.2) is 0 Å². The lowest BCUT2D eigenvalue weighted by atomic mass is 10.0. The Morgan fingerprint density at radius 3 is 2.49 bits per heavy atom. The van der Waals surface area contributed by atoms with Crippen LogP contribution in [0.15, 0.2) is 79.1 Å². The normalized spacial score (nSPS) is 11.9. The van der Waals surface area contributed by atoms with Gasteiger partial charge in [-0.3, -0.25) is 9.52 Å². The van der Waals surface area contributed by atoms with Crippen LogP contribution in [0.2, 0.25) is 0 Å². The van der Waals surface area contributed by atoms with Crippen molar-refractivity contribution in [1.29, 1.82) is 0 Å². The van der Waals surface area contributed by atoms with Crippen molar-refractivity contribution in [3.05, 3.63) is 84.7 Å². The first kappa shape index (κ1) is 25.5. The zero-order chi connectivity index (χ0) is 26.4. The number of amides is 3. The molecule has 0 spiro atoms. The van der Waals surface area contributed by atoms with Crippen molar-refractivity contribution >= 4 is 44.6 Å². The van der Waals surface area contributed by atoms with Crippen LogP contribution in [0.4, 0.5) is 16.2 Å². The molecule has 0 unspecified atom stereocenters. The maximum Gasteiger partial charge on any atom is 0.330 e. The first-order valence-electron chi connectivity index (χ1n) is 11.2. The van der Waals surface area contributed by atoms with Crippen LogP contribution in [-0.4, -0.2) is 50.5 Å². The molecule has 4 rings (SSSR count). The summed E-state index contributed by atoms with van der Waals surface area (Å²) in [6.45, 7) is 0. The molecular formula is C25H26N6O5S. The summed E-state index contributed by atoms with van der Waals surface area (Å²) < 4.78 is 34.5. The van der Waals surface area contributed by atoms with Gasteiger partial charge in [0.2, 0.25) is 5.91 Å². The topological polar surface area (TPSA) is 146 Å². The second-order valence-corrected chi connectivity index (χ2v) is 9.57. The van der Waals surface area contributed by atoms with E-state index < -0.39 is 28.2 Å². The van der Waals surface area contributed by atoms with Gasteiger partial charge in [0.05, 0.1) is 30.2 Å². The van der Waals surface area contributed by atoms with Crippen LogP contribution >= 0.6 is 0 Å². The van der Waals surface area contributed by atoms with Crippen LogP contribution in [0.1, 0.15) is 5.56 Å². The van der Waals surface area contributed by atoms with Crippen LogP contribution in [0.5, 0.6) is 5.75 Å². The standard InChI is InChI=1S/C25H26N6O5S/c1-31(19-9-11-20(36-2)12-10-19)24(32)23(14-17-6-4-3-5-7-17)28-25(33)30-37(34,35)29-18-8-13-21-22(15-18)27-16-26-21/h3-13,15-16,23,29H,14H2,1-2H3,(H,26,27)(H2,28,30,33)/t23-/m0/s1. The number of likely N-dealkylation sites (N-methyl/N-ethyl adjacent to an activating group) is 1. The summed E-state index contributed by atoms with van der Waals surface area (Å²) in [4.78, 5) is 34.4. The number of carbonyl (C=O) groups excluding carboxylic acids is 2. The van der Waals surface area contributed by atoms with E-state index in [2.05, 4.69) is 20.0 Å². The molecule has 1 atom stereocenters. The van der Waals surface area contributed by atoms with E-state index in [9.17, 15) is 18.0 Å². The molecule has 1 heterocycles. The highest BCUT2D eigenvalue weighted by Gasteiger charge is 2.27. The molecule has 0 bridgehead atoms. The lowest BCUT2D eigenvalue weighted by molar-refractivity contribution is -0.120. The van der Waals surface area contributed by atoms with E-state index in [0.717, 1.165) is 5.56 Å². The smallest absolute Gasteiger partial charge is 0.330 e. The first-order valence-corrected chi connectivity index (χ1v) is 12.7. The third kappa shape index (κ3) is 6.55. The third-order valence-electron chi connectivity index (χ3n) is 5.58. The number of H-pyrrole nitrogens is 1. The van der Waals surface area contributed by atoms with Crippen LogP contribution in [0.3, 0.4) is 0 Å². The summed E-state index contributed by atoms with van der Waals surface area (Å²) in [5.74, 6) is 0.201. The fourth-order valence-corrected chi connectivity index (χ4v) is 4.50. The molecule has 0 saturated carbocycles. The first-order chi connectivity index (χ1) is 17.7. The molecule has 192 valence electrons. The van der Waals surface area contributed by atoms with Gasteiger partial charge in [-0.05, 0) is 48.0 Å². The number of nitrogens with zero attached hydrogens (tertiary/aromatic N) is 2. The number of rotatable bonds is 9. The van der Waals surface area contributed by atoms with Crippen molar-refractivity contribution in [2.45, 2.75) is 12.5 Å². The number of imidazole rings is 1. The van der Waals surface area contributed by atoms with Crippen molar-refractivity contribution in [1.82, 2.24) is 20.0 Å². The van der Waals surface area contributed by atoms with E-state index in [1.807, 2.05) is 35.1 Å². The SMILES string of the molecule is COc1ccc(N(C)C(=O)[C@H](Cc2ccccc2)NC(=O)NS(=O)(=O)Nc2ccc3nc[nH]c3c2)cc1. The fraction of sp³-hybridized carbons (Fsp3) is 0.160. The number of carbonyl (C=O) groups is 2. The zero-order valence-corrected chi connectivity index (χ0v) is 21.0. The van der Waals surface area contributed by atoms with Crippen molar-refractivity contribution in [2.24, 2.45) is 0 Å². The molecule has 3 amide bonds. The van der Waals surface area contributed by atoms with Gasteiger partial charge in [-0.2, -0.15) is 8.42 Å². The van der Waals surface area contributed by atoms with E-state index in [1.54, 1.807) is 50.6 Å². The van der Waals surface area contributed by atoms with Crippen LogP contribution in [0, 0.1) is 0 Å². The van der Waals surface area contributed by atoms with Gasteiger partial charge in [0, 0.05) is 19.2 Å². The second kappa shape index (κ2) is 11.0. The summed E-state index contributed by atoms with van der Waals surface area (Å²) in [6, 6.07) is 18.5. The predicted molar refractivity (Wildman–Crippen MR) is 141 cm³/mol. The van der Waals surface area contributed by atoms with Crippen LogP contribution in [-0.2, 0) is 21.4 Å². The minimum absolute atomic E-state index is 0.150. The summed E-state index contributed by atoms with van der Waals surface area (Å²) in [7, 11) is -1.18. The van der Waals surface area contributed by atoms with Crippen molar-refractivity contribution in [3.8, 4) is 5.75 Å². The number of benzene rings is 3. The van der Waals surface area contributed by atoms with Gasteiger partial charge in [0.1, 0.15) is 11.8 Å². The van der Waals surface area contributed by atoms with E-state index in [0.29, 0.717) is 22.5 Å². The van der Waals surface area contributed by atoms with Gasteiger partial charge < -0.3 is 19.9 Å². The number of fused-ring (bicyclic) bond motifs is 1. The zero-order valence-electron chi connectivity index (χ0n) is 20.1. The summed E-state index contributed by atoms with van der Waals surface area (Å²) >= 11 is 0. The van der Waals surface area contributed by atoms with Gasteiger partial charge in [-0.25, -0.2) is 14.5 Å². The molecule has 4 N–H and O–H groups in total. The fourth-order valence-electron chi connectivity index (χ4n) is 3.71. The molecule has 1 aromatic heterocycles. The highest BCUT2D eigenvalue weighted by molar-refractivity contribution is 7.91. The summed E-state index contributed by atoms with van der Waals surface area (Å²) in [5.41, 5.74) is 2.89. The van der Waals surface area contributed by atoms with E-state index in [1.165, 1.54) is 17.3 Å². The minimum Gasteiger partial charge on any atom is -0.497 e. The molecule has 0 aliphatic carbocycles. The van der Waals surface area contributed by atoms with Crippen molar-refractivity contribution in [3.63, 3.8) is 0 Å². The summed E-state index contributed by atoms with van der Waals surface area (Å²) in [6.07, 6.45) is 1.64. The maximum atomic E-state index is 13.4. The highest BCUT2D eigenvalue weighted by atomic mass is 32.2. The Bertz CT molecular complexity index is 1490. The predicted octanol–water partition coefficient (Wildman–Crippen LogP) is 2.80. The Morgan fingerprint density at radius 2 is 1.78 bits per heavy atom. The highest BCUT2D eigenvalue weighted by Crippen LogP contribution is 2.20.